The summed E-state index contributed by atoms with van der Waals surface area (Å²) < 4.78 is 5.88. The Balaban J connectivity index is 2.33. The van der Waals surface area contributed by atoms with Gasteiger partial charge in [-0.05, 0) is 43.4 Å². The lowest BCUT2D eigenvalue weighted by Gasteiger charge is -2.35. The highest BCUT2D eigenvalue weighted by Gasteiger charge is 2.23. The zero-order valence-electron chi connectivity index (χ0n) is 11.7. The maximum atomic E-state index is 5.88. The number of thiol groups is 1. The third kappa shape index (κ3) is 5.62. The zero-order valence-corrected chi connectivity index (χ0v) is 12.6. The molecule has 0 aromatic rings. The van der Waals surface area contributed by atoms with Gasteiger partial charge in [0.15, 0.2) is 0 Å². The molecule has 0 aliphatic carbocycles. The van der Waals surface area contributed by atoms with Crippen LogP contribution in [0.1, 0.15) is 40.0 Å². The van der Waals surface area contributed by atoms with Crippen molar-refractivity contribution in [2.75, 3.05) is 32.0 Å². The lowest BCUT2D eigenvalue weighted by molar-refractivity contribution is -0.00462. The predicted molar refractivity (Wildman–Crippen MR) is 77.9 cm³/mol. The van der Waals surface area contributed by atoms with Crippen molar-refractivity contribution in [2.24, 2.45) is 11.8 Å². The first-order valence-electron chi connectivity index (χ1n) is 7.12. The van der Waals surface area contributed by atoms with Crippen LogP contribution in [0.15, 0.2) is 0 Å². The van der Waals surface area contributed by atoms with Crippen LogP contribution in [0.25, 0.3) is 0 Å². The molecule has 1 fully saturated rings. The lowest BCUT2D eigenvalue weighted by atomic mass is 9.96. The SMILES string of the molecule is CCCOC1CCCN(CC(CS)C(C)C)C1. The van der Waals surface area contributed by atoms with Gasteiger partial charge >= 0.3 is 0 Å². The van der Waals surface area contributed by atoms with E-state index in [2.05, 4.69) is 38.3 Å². The van der Waals surface area contributed by atoms with Crippen molar-refractivity contribution < 1.29 is 4.74 Å². The van der Waals surface area contributed by atoms with Crippen molar-refractivity contribution in [3.63, 3.8) is 0 Å². The number of hydrogen-bond acceptors (Lipinski definition) is 3. The van der Waals surface area contributed by atoms with Crippen LogP contribution in [0.3, 0.4) is 0 Å². The number of likely N-dealkylation sites (tertiary alicyclic amines) is 1. The van der Waals surface area contributed by atoms with E-state index in [1.54, 1.807) is 0 Å². The molecular weight excluding hydrogens is 230 g/mol. The second-order valence-corrected chi connectivity index (χ2v) is 5.95. The van der Waals surface area contributed by atoms with Gasteiger partial charge < -0.3 is 9.64 Å². The molecular formula is C14H29NOS. The van der Waals surface area contributed by atoms with E-state index < -0.39 is 0 Å². The van der Waals surface area contributed by atoms with Gasteiger partial charge in [0.25, 0.3) is 0 Å². The molecule has 3 heteroatoms. The van der Waals surface area contributed by atoms with Crippen molar-refractivity contribution >= 4 is 12.6 Å². The van der Waals surface area contributed by atoms with Gasteiger partial charge in [0.2, 0.25) is 0 Å². The van der Waals surface area contributed by atoms with Gasteiger partial charge in [0, 0.05) is 19.7 Å². The molecule has 0 aromatic heterocycles. The summed E-state index contributed by atoms with van der Waals surface area (Å²) in [5.74, 6) is 2.43. The van der Waals surface area contributed by atoms with Gasteiger partial charge in [0.05, 0.1) is 6.10 Å². The van der Waals surface area contributed by atoms with Gasteiger partial charge in [-0.2, -0.15) is 12.6 Å². The standard InChI is InChI=1S/C14H29NOS/c1-4-8-16-14-6-5-7-15(10-14)9-13(11-17)12(2)3/h12-14,17H,4-11H2,1-3H3. The van der Waals surface area contributed by atoms with Gasteiger partial charge in [-0.1, -0.05) is 20.8 Å². The quantitative estimate of drug-likeness (QED) is 0.705. The minimum atomic E-state index is 0.469. The second kappa shape index (κ2) is 8.39. The molecule has 17 heavy (non-hydrogen) atoms. The maximum absolute atomic E-state index is 5.88. The highest BCUT2D eigenvalue weighted by molar-refractivity contribution is 7.80. The maximum Gasteiger partial charge on any atom is 0.0702 e. The van der Waals surface area contributed by atoms with Gasteiger partial charge in [-0.25, -0.2) is 0 Å². The Morgan fingerprint density at radius 2 is 2.18 bits per heavy atom. The van der Waals surface area contributed by atoms with E-state index in [1.807, 2.05) is 0 Å². The van der Waals surface area contributed by atoms with Crippen LogP contribution in [0.4, 0.5) is 0 Å². The molecule has 0 amide bonds. The molecule has 2 unspecified atom stereocenters. The van der Waals surface area contributed by atoms with Crippen LogP contribution < -0.4 is 0 Å². The second-order valence-electron chi connectivity index (χ2n) is 5.58. The van der Waals surface area contributed by atoms with Gasteiger partial charge in [-0.15, -0.1) is 0 Å². The highest BCUT2D eigenvalue weighted by Crippen LogP contribution is 2.19. The van der Waals surface area contributed by atoms with Crippen molar-refractivity contribution in [1.82, 2.24) is 4.90 Å². The Morgan fingerprint density at radius 3 is 2.76 bits per heavy atom. The van der Waals surface area contributed by atoms with Crippen LogP contribution in [-0.4, -0.2) is 43.0 Å². The summed E-state index contributed by atoms with van der Waals surface area (Å²) in [5.41, 5.74) is 0. The summed E-state index contributed by atoms with van der Waals surface area (Å²) >= 11 is 4.48. The van der Waals surface area contributed by atoms with E-state index in [0.717, 1.165) is 31.2 Å². The smallest absolute Gasteiger partial charge is 0.0702 e. The van der Waals surface area contributed by atoms with Gasteiger partial charge in [0.1, 0.15) is 0 Å². The summed E-state index contributed by atoms with van der Waals surface area (Å²) in [5, 5.41) is 0. The topological polar surface area (TPSA) is 12.5 Å². The van der Waals surface area contributed by atoms with E-state index in [1.165, 1.54) is 25.9 Å². The summed E-state index contributed by atoms with van der Waals surface area (Å²) in [7, 11) is 0. The van der Waals surface area contributed by atoms with Crippen LogP contribution >= 0.6 is 12.6 Å². The molecule has 102 valence electrons. The minimum absolute atomic E-state index is 0.469. The molecule has 0 aromatic carbocycles. The average molecular weight is 259 g/mol. The van der Waals surface area contributed by atoms with Crippen LogP contribution in [0.5, 0.6) is 0 Å². The van der Waals surface area contributed by atoms with Gasteiger partial charge in [-0.3, -0.25) is 0 Å². The zero-order chi connectivity index (χ0) is 12.7. The molecule has 1 aliphatic rings. The molecule has 2 atom stereocenters. The van der Waals surface area contributed by atoms with Crippen molar-refractivity contribution in [3.05, 3.63) is 0 Å². The first-order valence-corrected chi connectivity index (χ1v) is 7.75. The molecule has 0 spiro atoms. The Labute approximate surface area is 113 Å². The third-order valence-corrected chi connectivity index (χ3v) is 4.16. The first kappa shape index (κ1) is 15.3. The average Bonchev–Trinajstić information content (AvgIpc) is 2.33. The number of piperidine rings is 1. The third-order valence-electron chi connectivity index (χ3n) is 3.69. The normalized spacial score (nSPS) is 24.2. The molecule has 0 radical (unpaired) electrons. The summed E-state index contributed by atoms with van der Waals surface area (Å²) in [4.78, 5) is 2.57. The Kier molecular flexibility index (Phi) is 7.56. The molecule has 1 saturated heterocycles. The fourth-order valence-corrected chi connectivity index (χ4v) is 2.95. The Morgan fingerprint density at radius 1 is 1.41 bits per heavy atom. The van der Waals surface area contributed by atoms with Crippen LogP contribution in [-0.2, 0) is 4.74 Å². The lowest BCUT2D eigenvalue weighted by Crippen LogP contribution is -2.43. The first-order chi connectivity index (χ1) is 8.17. The largest absolute Gasteiger partial charge is 0.377 e. The molecule has 0 N–H and O–H groups in total. The summed E-state index contributed by atoms with van der Waals surface area (Å²) in [6, 6.07) is 0. The Hall–Kier alpha value is 0.270. The molecule has 1 rings (SSSR count). The van der Waals surface area contributed by atoms with Crippen LogP contribution in [0.2, 0.25) is 0 Å². The molecule has 2 nitrogen and oxygen atoms in total. The van der Waals surface area contributed by atoms with Crippen molar-refractivity contribution in [3.8, 4) is 0 Å². The fraction of sp³-hybridized carbons (Fsp3) is 1.00. The number of ether oxygens (including phenoxy) is 1. The van der Waals surface area contributed by atoms with E-state index >= 15 is 0 Å². The van der Waals surface area contributed by atoms with E-state index in [0.29, 0.717) is 12.0 Å². The summed E-state index contributed by atoms with van der Waals surface area (Å²) in [6.07, 6.45) is 4.12. The van der Waals surface area contributed by atoms with Crippen molar-refractivity contribution in [2.45, 2.75) is 46.1 Å². The molecule has 1 heterocycles. The number of rotatable bonds is 7. The molecule has 0 bridgehead atoms. The monoisotopic (exact) mass is 259 g/mol. The highest BCUT2D eigenvalue weighted by atomic mass is 32.1. The summed E-state index contributed by atoms with van der Waals surface area (Å²) in [6.45, 7) is 11.2. The van der Waals surface area contributed by atoms with E-state index in [9.17, 15) is 0 Å². The minimum Gasteiger partial charge on any atom is -0.377 e. The van der Waals surface area contributed by atoms with Crippen molar-refractivity contribution in [1.29, 1.82) is 0 Å². The molecule has 1 aliphatic heterocycles. The fourth-order valence-electron chi connectivity index (χ4n) is 2.41. The number of hydrogen-bond donors (Lipinski definition) is 1. The van der Waals surface area contributed by atoms with E-state index in [4.69, 9.17) is 4.74 Å². The molecule has 0 saturated carbocycles. The predicted octanol–water partition coefficient (Wildman–Crippen LogP) is 3.08. The Bertz CT molecular complexity index is 199. The number of nitrogens with zero attached hydrogens (tertiary/aromatic N) is 1. The van der Waals surface area contributed by atoms with E-state index in [-0.39, 0.29) is 0 Å². The van der Waals surface area contributed by atoms with Crippen LogP contribution in [0, 0.1) is 11.8 Å².